The second-order valence-electron chi connectivity index (χ2n) is 7.03. The van der Waals surface area contributed by atoms with E-state index in [-0.39, 0.29) is 24.5 Å². The SMILES string of the molecule is Cn1cc(Nc2ncc(Cl)c(NC3COC4C(NS(=O)(=O)CCO)COC34)n2)cn1. The zero-order valence-electron chi connectivity index (χ0n) is 16.0. The summed E-state index contributed by atoms with van der Waals surface area (Å²) in [5.74, 6) is 0.374. The van der Waals surface area contributed by atoms with Crippen molar-refractivity contribution in [3.63, 3.8) is 0 Å². The quantitative estimate of drug-likeness (QED) is 0.405. The molecule has 2 saturated heterocycles. The van der Waals surface area contributed by atoms with Crippen molar-refractivity contribution in [1.29, 1.82) is 0 Å². The van der Waals surface area contributed by atoms with Crippen LogP contribution in [0.15, 0.2) is 18.6 Å². The van der Waals surface area contributed by atoms with Crippen LogP contribution in [0.4, 0.5) is 17.5 Å². The van der Waals surface area contributed by atoms with Crippen molar-refractivity contribution < 1.29 is 23.0 Å². The van der Waals surface area contributed by atoms with Crippen molar-refractivity contribution in [1.82, 2.24) is 24.5 Å². The highest BCUT2D eigenvalue weighted by Crippen LogP contribution is 2.31. The number of fused-ring (bicyclic) bond motifs is 1. The second kappa shape index (κ2) is 8.61. The number of hydrogen-bond donors (Lipinski definition) is 4. The second-order valence-corrected chi connectivity index (χ2v) is 9.31. The standard InChI is InChI=1S/C16H22ClN7O5S/c1-24-6-9(4-19-24)20-16-18-5-10(17)15(22-16)21-11-7-28-14-12(8-29-13(11)14)23-30(26,27)3-2-25/h4-6,11-14,23,25H,2-3,7-8H2,1H3,(H2,18,20,21,22). The molecule has 2 aliphatic heterocycles. The number of nitrogens with one attached hydrogen (secondary N) is 3. The number of rotatable bonds is 8. The maximum atomic E-state index is 11.9. The van der Waals surface area contributed by atoms with Crippen LogP contribution >= 0.6 is 11.6 Å². The van der Waals surface area contributed by atoms with Gasteiger partial charge in [-0.1, -0.05) is 11.6 Å². The fraction of sp³-hybridized carbons (Fsp3) is 0.562. The number of aryl methyl sites for hydroxylation is 1. The summed E-state index contributed by atoms with van der Waals surface area (Å²) in [4.78, 5) is 8.57. The van der Waals surface area contributed by atoms with Crippen molar-refractivity contribution in [2.45, 2.75) is 24.3 Å². The van der Waals surface area contributed by atoms with E-state index in [2.05, 4.69) is 30.4 Å². The van der Waals surface area contributed by atoms with Gasteiger partial charge in [-0.15, -0.1) is 0 Å². The van der Waals surface area contributed by atoms with Crippen molar-refractivity contribution in [2.75, 3.05) is 36.2 Å². The van der Waals surface area contributed by atoms with E-state index >= 15 is 0 Å². The Morgan fingerprint density at radius 1 is 1.27 bits per heavy atom. The number of aliphatic hydroxyl groups is 1. The lowest BCUT2D eigenvalue weighted by atomic mass is 10.1. The summed E-state index contributed by atoms with van der Waals surface area (Å²) in [5.41, 5.74) is 0.729. The van der Waals surface area contributed by atoms with E-state index in [1.807, 2.05) is 0 Å². The number of sulfonamides is 1. The molecule has 2 aromatic heterocycles. The summed E-state index contributed by atoms with van der Waals surface area (Å²) in [6.45, 7) is 0.00637. The molecule has 4 N–H and O–H groups in total. The van der Waals surface area contributed by atoms with E-state index < -0.39 is 28.8 Å². The average Bonchev–Trinajstić information content (AvgIpc) is 3.37. The molecule has 0 aromatic carbocycles. The van der Waals surface area contributed by atoms with Crippen molar-refractivity contribution in [3.05, 3.63) is 23.6 Å². The molecule has 2 fully saturated rings. The van der Waals surface area contributed by atoms with Crippen LogP contribution in [-0.4, -0.2) is 83.1 Å². The summed E-state index contributed by atoms with van der Waals surface area (Å²) in [6, 6.07) is -0.803. The third kappa shape index (κ3) is 4.66. The molecule has 0 spiro atoms. The van der Waals surface area contributed by atoms with Gasteiger partial charge in [0.15, 0.2) is 5.82 Å². The molecular weight excluding hydrogens is 438 g/mol. The Kier molecular flexibility index (Phi) is 6.09. The van der Waals surface area contributed by atoms with Crippen LogP contribution in [-0.2, 0) is 26.5 Å². The summed E-state index contributed by atoms with van der Waals surface area (Å²) < 4.78 is 39.6. The minimum Gasteiger partial charge on any atom is -0.395 e. The Morgan fingerprint density at radius 3 is 2.70 bits per heavy atom. The third-order valence-electron chi connectivity index (χ3n) is 4.77. The summed E-state index contributed by atoms with van der Waals surface area (Å²) in [7, 11) is -1.81. The Bertz CT molecular complexity index is 1000. The van der Waals surface area contributed by atoms with Gasteiger partial charge in [-0.25, -0.2) is 18.1 Å². The highest BCUT2D eigenvalue weighted by molar-refractivity contribution is 7.89. The maximum absolute atomic E-state index is 11.9. The topological polar surface area (TPSA) is 153 Å². The molecule has 4 unspecified atom stereocenters. The maximum Gasteiger partial charge on any atom is 0.229 e. The number of aromatic nitrogens is 4. The monoisotopic (exact) mass is 459 g/mol. The first-order valence-corrected chi connectivity index (χ1v) is 11.3. The average molecular weight is 460 g/mol. The van der Waals surface area contributed by atoms with Crippen molar-refractivity contribution in [3.8, 4) is 0 Å². The summed E-state index contributed by atoms with van der Waals surface area (Å²) in [6.07, 6.45) is 4.07. The van der Waals surface area contributed by atoms with Gasteiger partial charge in [0.25, 0.3) is 0 Å². The zero-order valence-corrected chi connectivity index (χ0v) is 17.6. The van der Waals surface area contributed by atoms with Gasteiger partial charge in [0.05, 0.1) is 55.7 Å². The predicted octanol–water partition coefficient (Wildman–Crippen LogP) is -0.534. The minimum absolute atomic E-state index is 0.170. The molecule has 0 aliphatic carbocycles. The zero-order chi connectivity index (χ0) is 21.3. The molecule has 4 atom stereocenters. The minimum atomic E-state index is -3.61. The highest BCUT2D eigenvalue weighted by Gasteiger charge is 2.49. The first-order valence-electron chi connectivity index (χ1n) is 9.23. The van der Waals surface area contributed by atoms with Gasteiger partial charge in [0.1, 0.15) is 17.2 Å². The molecule has 14 heteroatoms. The molecule has 2 aromatic rings. The van der Waals surface area contributed by atoms with E-state index in [0.29, 0.717) is 23.4 Å². The predicted molar refractivity (Wildman–Crippen MR) is 108 cm³/mol. The Hall–Kier alpha value is -2.03. The van der Waals surface area contributed by atoms with Crippen LogP contribution < -0.4 is 15.4 Å². The Labute approximate surface area is 178 Å². The van der Waals surface area contributed by atoms with Gasteiger partial charge in [-0.2, -0.15) is 10.1 Å². The van der Waals surface area contributed by atoms with Crippen LogP contribution in [0.2, 0.25) is 5.02 Å². The molecule has 0 radical (unpaired) electrons. The molecule has 12 nitrogen and oxygen atoms in total. The van der Waals surface area contributed by atoms with Gasteiger partial charge in [-0.05, 0) is 0 Å². The molecule has 164 valence electrons. The van der Waals surface area contributed by atoms with E-state index in [9.17, 15) is 8.42 Å². The van der Waals surface area contributed by atoms with Crippen molar-refractivity contribution >= 4 is 39.1 Å². The first kappa shape index (κ1) is 21.2. The fourth-order valence-corrected chi connectivity index (χ4v) is 4.62. The molecular formula is C16H22ClN7O5S. The summed E-state index contributed by atoms with van der Waals surface area (Å²) in [5, 5.41) is 19.5. The number of aliphatic hydroxyl groups excluding tert-OH is 1. The first-order chi connectivity index (χ1) is 14.3. The fourth-order valence-electron chi connectivity index (χ4n) is 3.45. The van der Waals surface area contributed by atoms with Crippen LogP contribution in [0.1, 0.15) is 0 Å². The summed E-state index contributed by atoms with van der Waals surface area (Å²) >= 11 is 6.25. The molecule has 0 amide bonds. The van der Waals surface area contributed by atoms with Gasteiger partial charge < -0.3 is 25.2 Å². The van der Waals surface area contributed by atoms with Crippen LogP contribution in [0.3, 0.4) is 0 Å². The smallest absolute Gasteiger partial charge is 0.229 e. The lowest BCUT2D eigenvalue weighted by Crippen LogP contribution is -2.45. The van der Waals surface area contributed by atoms with E-state index in [1.165, 1.54) is 6.20 Å². The van der Waals surface area contributed by atoms with Crippen LogP contribution in [0, 0.1) is 0 Å². The molecule has 2 aliphatic rings. The number of anilines is 3. The van der Waals surface area contributed by atoms with Crippen LogP contribution in [0.25, 0.3) is 0 Å². The largest absolute Gasteiger partial charge is 0.395 e. The lowest BCUT2D eigenvalue weighted by Gasteiger charge is -2.19. The van der Waals surface area contributed by atoms with Crippen LogP contribution in [0.5, 0.6) is 0 Å². The number of nitrogens with zero attached hydrogens (tertiary/aromatic N) is 4. The normalized spacial score (nSPS) is 26.0. The van der Waals surface area contributed by atoms with E-state index in [4.69, 9.17) is 26.2 Å². The Morgan fingerprint density at radius 2 is 2.00 bits per heavy atom. The number of hydrogen-bond acceptors (Lipinski definition) is 10. The highest BCUT2D eigenvalue weighted by atomic mass is 35.5. The van der Waals surface area contributed by atoms with Gasteiger partial charge in [-0.3, -0.25) is 4.68 Å². The van der Waals surface area contributed by atoms with Gasteiger partial charge in [0.2, 0.25) is 16.0 Å². The molecule has 0 bridgehead atoms. The number of ether oxygens (including phenoxy) is 2. The molecule has 30 heavy (non-hydrogen) atoms. The third-order valence-corrected chi connectivity index (χ3v) is 6.43. The molecule has 4 heterocycles. The van der Waals surface area contributed by atoms with Gasteiger partial charge >= 0.3 is 0 Å². The van der Waals surface area contributed by atoms with Gasteiger partial charge in [0, 0.05) is 13.2 Å². The van der Waals surface area contributed by atoms with E-state index in [0.717, 1.165) is 5.69 Å². The molecule has 4 rings (SSSR count). The molecule has 0 saturated carbocycles. The van der Waals surface area contributed by atoms with Crippen molar-refractivity contribution in [2.24, 2.45) is 7.05 Å². The Balaban J connectivity index is 1.42. The lowest BCUT2D eigenvalue weighted by molar-refractivity contribution is 0.0690. The van der Waals surface area contributed by atoms with E-state index in [1.54, 1.807) is 24.1 Å². The number of halogens is 1.